The molecule has 14 heavy (non-hydrogen) atoms. The van der Waals surface area contributed by atoms with Crippen LogP contribution in [-0.2, 0) is 0 Å². The summed E-state index contributed by atoms with van der Waals surface area (Å²) in [6.45, 7) is 0.685. The van der Waals surface area contributed by atoms with E-state index in [1.54, 1.807) is 0 Å². The number of benzene rings is 1. The third kappa shape index (κ3) is 3.75. The van der Waals surface area contributed by atoms with Gasteiger partial charge < -0.3 is 10.5 Å². The van der Waals surface area contributed by atoms with E-state index in [9.17, 15) is 4.48 Å². The number of nitrogens with one attached hydrogen (secondary N) is 1. The Kier molecular flexibility index (Phi) is 4.26. The molecule has 5 heteroatoms. The first-order valence-electron chi connectivity index (χ1n) is 4.17. The topological polar surface area (TPSA) is 59.6 Å². The average molecular weight is 197 g/mol. The van der Waals surface area contributed by atoms with Crippen molar-refractivity contribution in [1.29, 1.82) is 0 Å². The summed E-state index contributed by atoms with van der Waals surface area (Å²) in [6.07, 6.45) is 0. The number of aliphatic imine (C=N–C) groups is 1. The second-order valence-electron chi connectivity index (χ2n) is 2.52. The summed E-state index contributed by atoms with van der Waals surface area (Å²) < 4.78 is 16.9. The standard InChI is InChI=1S/C9H12FN3O/c10-13-9(11)12-6-7-14-8-4-2-1-3-5-8/h1-5H,6-7H2,(H3,11,12,13). The van der Waals surface area contributed by atoms with Gasteiger partial charge in [0.05, 0.1) is 6.54 Å². The number of hydrogen-bond donors (Lipinski definition) is 2. The van der Waals surface area contributed by atoms with Crippen LogP contribution in [-0.4, -0.2) is 19.1 Å². The zero-order valence-corrected chi connectivity index (χ0v) is 7.61. The largest absolute Gasteiger partial charge is 0.492 e. The summed E-state index contributed by atoms with van der Waals surface area (Å²) in [6, 6.07) is 9.31. The van der Waals surface area contributed by atoms with E-state index in [0.29, 0.717) is 13.2 Å². The highest BCUT2D eigenvalue weighted by atomic mass is 19.2. The van der Waals surface area contributed by atoms with Crippen LogP contribution in [0, 0.1) is 0 Å². The summed E-state index contributed by atoms with van der Waals surface area (Å²) in [4.78, 5) is 3.64. The maximum Gasteiger partial charge on any atom is 0.217 e. The Morgan fingerprint density at radius 3 is 2.79 bits per heavy atom. The summed E-state index contributed by atoms with van der Waals surface area (Å²) in [5.41, 5.74) is 6.30. The summed E-state index contributed by atoms with van der Waals surface area (Å²) in [5, 5.41) is 0. The van der Waals surface area contributed by atoms with Gasteiger partial charge in [0, 0.05) is 0 Å². The molecule has 0 unspecified atom stereocenters. The molecule has 0 fully saturated rings. The molecule has 0 radical (unpaired) electrons. The quantitative estimate of drug-likeness (QED) is 0.325. The van der Waals surface area contributed by atoms with Crippen LogP contribution in [0.4, 0.5) is 4.48 Å². The predicted molar refractivity (Wildman–Crippen MR) is 52.7 cm³/mol. The minimum absolute atomic E-state index is 0.235. The molecule has 0 aliphatic carbocycles. The molecule has 0 spiro atoms. The Morgan fingerprint density at radius 2 is 2.14 bits per heavy atom. The van der Waals surface area contributed by atoms with Crippen LogP contribution in [0.3, 0.4) is 0 Å². The maximum atomic E-state index is 11.6. The minimum Gasteiger partial charge on any atom is -0.492 e. The molecule has 0 bridgehead atoms. The summed E-state index contributed by atoms with van der Waals surface area (Å²) in [5.74, 6) is 0.524. The first kappa shape index (κ1) is 10.3. The molecule has 1 aromatic rings. The number of halogens is 1. The average Bonchev–Trinajstić information content (AvgIpc) is 2.25. The van der Waals surface area contributed by atoms with E-state index in [4.69, 9.17) is 10.5 Å². The van der Waals surface area contributed by atoms with Crippen molar-refractivity contribution in [3.05, 3.63) is 30.3 Å². The smallest absolute Gasteiger partial charge is 0.217 e. The van der Waals surface area contributed by atoms with Crippen molar-refractivity contribution < 1.29 is 9.22 Å². The predicted octanol–water partition coefficient (Wildman–Crippen LogP) is 0.854. The van der Waals surface area contributed by atoms with Gasteiger partial charge in [-0.1, -0.05) is 18.2 Å². The molecule has 4 nitrogen and oxygen atoms in total. The van der Waals surface area contributed by atoms with Crippen molar-refractivity contribution in [3.8, 4) is 5.75 Å². The number of nitrogens with two attached hydrogens (primary N) is 1. The van der Waals surface area contributed by atoms with Gasteiger partial charge in [0.2, 0.25) is 5.96 Å². The van der Waals surface area contributed by atoms with Crippen LogP contribution in [0.5, 0.6) is 5.75 Å². The summed E-state index contributed by atoms with van der Waals surface area (Å²) >= 11 is 0. The van der Waals surface area contributed by atoms with Gasteiger partial charge in [0.15, 0.2) is 0 Å². The molecule has 3 N–H and O–H groups in total. The Morgan fingerprint density at radius 1 is 1.43 bits per heavy atom. The van der Waals surface area contributed by atoms with Crippen molar-refractivity contribution in [3.63, 3.8) is 0 Å². The van der Waals surface area contributed by atoms with E-state index in [1.165, 1.54) is 5.54 Å². The molecule has 76 valence electrons. The van der Waals surface area contributed by atoms with Gasteiger partial charge in [-0.2, -0.15) is 5.54 Å². The Hall–Kier alpha value is -1.78. The fourth-order valence-corrected chi connectivity index (χ4v) is 0.876. The molecule has 0 saturated carbocycles. The zero-order valence-electron chi connectivity index (χ0n) is 7.61. The SMILES string of the molecule is NC(=NCCOc1ccccc1)NF. The van der Waals surface area contributed by atoms with Crippen LogP contribution >= 0.6 is 0 Å². The van der Waals surface area contributed by atoms with Crippen molar-refractivity contribution in [2.45, 2.75) is 0 Å². The fourth-order valence-electron chi connectivity index (χ4n) is 0.876. The van der Waals surface area contributed by atoms with Crippen molar-refractivity contribution in [1.82, 2.24) is 5.54 Å². The van der Waals surface area contributed by atoms with Gasteiger partial charge in [-0.05, 0) is 12.1 Å². The van der Waals surface area contributed by atoms with Crippen LogP contribution in [0.15, 0.2) is 35.3 Å². The third-order valence-corrected chi connectivity index (χ3v) is 1.48. The molecule has 1 rings (SSSR count). The number of rotatable bonds is 4. The molecule has 0 saturated heterocycles. The Labute approximate surface area is 81.5 Å². The van der Waals surface area contributed by atoms with E-state index in [0.717, 1.165) is 5.75 Å². The number of ether oxygens (including phenoxy) is 1. The van der Waals surface area contributed by atoms with Gasteiger partial charge in [0.1, 0.15) is 12.4 Å². The minimum atomic E-state index is -0.235. The number of guanidine groups is 1. The maximum absolute atomic E-state index is 11.6. The van der Waals surface area contributed by atoms with Gasteiger partial charge in [0.25, 0.3) is 0 Å². The molecule has 1 aromatic carbocycles. The summed E-state index contributed by atoms with van der Waals surface area (Å²) in [7, 11) is 0. The highest BCUT2D eigenvalue weighted by Crippen LogP contribution is 2.07. The highest BCUT2D eigenvalue weighted by molar-refractivity contribution is 5.76. The molecule has 0 aromatic heterocycles. The van der Waals surface area contributed by atoms with Gasteiger partial charge in [-0.15, -0.1) is 4.48 Å². The fraction of sp³-hybridized carbons (Fsp3) is 0.222. The molecule has 0 amide bonds. The third-order valence-electron chi connectivity index (χ3n) is 1.48. The zero-order chi connectivity index (χ0) is 10.2. The molecule has 0 aliphatic rings. The molecular formula is C9H12FN3O. The lowest BCUT2D eigenvalue weighted by Crippen LogP contribution is -2.25. The van der Waals surface area contributed by atoms with E-state index in [-0.39, 0.29) is 5.96 Å². The number of nitrogens with zero attached hydrogens (tertiary/aromatic N) is 1. The first-order valence-corrected chi connectivity index (χ1v) is 4.17. The van der Waals surface area contributed by atoms with Crippen LogP contribution < -0.4 is 16.0 Å². The lowest BCUT2D eigenvalue weighted by atomic mass is 10.3. The molecule has 0 aliphatic heterocycles. The van der Waals surface area contributed by atoms with Crippen molar-refractivity contribution >= 4 is 5.96 Å². The van der Waals surface area contributed by atoms with E-state index in [1.807, 2.05) is 30.3 Å². The van der Waals surface area contributed by atoms with Crippen LogP contribution in [0.25, 0.3) is 0 Å². The molecule has 0 heterocycles. The van der Waals surface area contributed by atoms with E-state index >= 15 is 0 Å². The molecule has 0 atom stereocenters. The molecular weight excluding hydrogens is 185 g/mol. The van der Waals surface area contributed by atoms with Crippen LogP contribution in [0.2, 0.25) is 0 Å². The van der Waals surface area contributed by atoms with Crippen molar-refractivity contribution in [2.75, 3.05) is 13.2 Å². The van der Waals surface area contributed by atoms with E-state index in [2.05, 4.69) is 4.99 Å². The number of para-hydroxylation sites is 1. The Balaban J connectivity index is 2.23. The number of hydrogen-bond acceptors (Lipinski definition) is 2. The van der Waals surface area contributed by atoms with Crippen LogP contribution in [0.1, 0.15) is 0 Å². The second-order valence-corrected chi connectivity index (χ2v) is 2.52. The lowest BCUT2D eigenvalue weighted by molar-refractivity contribution is 0.328. The Bertz CT molecular complexity index is 289. The van der Waals surface area contributed by atoms with E-state index < -0.39 is 0 Å². The van der Waals surface area contributed by atoms with Gasteiger partial charge >= 0.3 is 0 Å². The highest BCUT2D eigenvalue weighted by Gasteiger charge is 1.91. The lowest BCUT2D eigenvalue weighted by Gasteiger charge is -2.03. The second kappa shape index (κ2) is 5.80. The van der Waals surface area contributed by atoms with Crippen molar-refractivity contribution in [2.24, 2.45) is 10.7 Å². The normalized spacial score (nSPS) is 11.1. The van der Waals surface area contributed by atoms with Gasteiger partial charge in [-0.25, -0.2) is 4.99 Å². The first-order chi connectivity index (χ1) is 6.83. The monoisotopic (exact) mass is 197 g/mol. The van der Waals surface area contributed by atoms with Gasteiger partial charge in [-0.3, -0.25) is 0 Å².